The van der Waals surface area contributed by atoms with Gasteiger partial charge in [0.05, 0.1) is 12.5 Å². The second kappa shape index (κ2) is 8.86. The maximum absolute atomic E-state index is 13.6. The van der Waals surface area contributed by atoms with E-state index < -0.39 is 0 Å². The molecule has 0 spiro atoms. The Labute approximate surface area is 172 Å². The minimum absolute atomic E-state index is 0.0717. The van der Waals surface area contributed by atoms with Gasteiger partial charge >= 0.3 is 0 Å². The summed E-state index contributed by atoms with van der Waals surface area (Å²) < 4.78 is 0. The van der Waals surface area contributed by atoms with E-state index in [1.54, 1.807) is 12.4 Å². The molecule has 29 heavy (non-hydrogen) atoms. The number of aromatic nitrogens is 2. The van der Waals surface area contributed by atoms with Crippen LogP contribution in [0.2, 0.25) is 0 Å². The molecule has 0 radical (unpaired) electrons. The van der Waals surface area contributed by atoms with Crippen molar-refractivity contribution < 1.29 is 4.79 Å². The highest BCUT2D eigenvalue weighted by atomic mass is 16.2. The van der Waals surface area contributed by atoms with Crippen molar-refractivity contribution in [2.45, 2.75) is 26.3 Å². The van der Waals surface area contributed by atoms with Gasteiger partial charge in [-0.05, 0) is 43.5 Å². The molecule has 1 saturated heterocycles. The van der Waals surface area contributed by atoms with Gasteiger partial charge in [-0.1, -0.05) is 48.0 Å². The molecule has 2 heterocycles. The number of benzene rings is 2. The number of hydrogen-bond acceptors (Lipinski definition) is 4. The molecule has 5 nitrogen and oxygen atoms in total. The van der Waals surface area contributed by atoms with E-state index in [-0.39, 0.29) is 11.8 Å². The Bertz CT molecular complexity index is 928. The van der Waals surface area contributed by atoms with E-state index in [2.05, 4.69) is 46.1 Å². The number of carbonyl (C=O) groups excluding carboxylic acids is 1. The Kier molecular flexibility index (Phi) is 5.84. The zero-order valence-electron chi connectivity index (χ0n) is 16.7. The Morgan fingerprint density at radius 2 is 1.76 bits per heavy atom. The van der Waals surface area contributed by atoms with Crippen LogP contribution < -0.4 is 9.80 Å². The third-order valence-electron chi connectivity index (χ3n) is 5.40. The van der Waals surface area contributed by atoms with Gasteiger partial charge in [0, 0.05) is 31.2 Å². The second-order valence-electron chi connectivity index (χ2n) is 7.58. The molecule has 1 aromatic heterocycles. The first-order chi connectivity index (χ1) is 14.2. The molecule has 1 amide bonds. The molecule has 5 heteroatoms. The van der Waals surface area contributed by atoms with Crippen molar-refractivity contribution in [2.75, 3.05) is 22.9 Å². The predicted octanol–water partition coefficient (Wildman–Crippen LogP) is 4.23. The predicted molar refractivity (Wildman–Crippen MR) is 116 cm³/mol. The summed E-state index contributed by atoms with van der Waals surface area (Å²) in [6.45, 7) is 4.17. The van der Waals surface area contributed by atoms with Crippen molar-refractivity contribution in [3.63, 3.8) is 0 Å². The molecule has 0 saturated carbocycles. The highest BCUT2D eigenvalue weighted by Crippen LogP contribution is 2.26. The summed E-state index contributed by atoms with van der Waals surface area (Å²) >= 11 is 0. The lowest BCUT2D eigenvalue weighted by Crippen LogP contribution is -2.45. The molecular formula is C24H26N4O. The fourth-order valence-corrected chi connectivity index (χ4v) is 3.82. The lowest BCUT2D eigenvalue weighted by Gasteiger charge is -2.35. The average molecular weight is 386 g/mol. The number of carbonyl (C=O) groups is 1. The quantitative estimate of drug-likeness (QED) is 0.658. The number of nitrogens with zero attached hydrogens (tertiary/aromatic N) is 4. The van der Waals surface area contributed by atoms with Crippen LogP contribution in [0.15, 0.2) is 73.1 Å². The zero-order chi connectivity index (χ0) is 20.1. The summed E-state index contributed by atoms with van der Waals surface area (Å²) in [4.78, 5) is 26.4. The summed E-state index contributed by atoms with van der Waals surface area (Å²) in [6.07, 6.45) is 5.35. The molecule has 0 unspecified atom stereocenters. The molecule has 1 aliphatic rings. The van der Waals surface area contributed by atoms with Crippen LogP contribution in [-0.2, 0) is 11.3 Å². The topological polar surface area (TPSA) is 49.3 Å². The fraction of sp³-hybridized carbons (Fsp3) is 0.292. The van der Waals surface area contributed by atoms with Crippen molar-refractivity contribution in [3.05, 3.63) is 84.2 Å². The molecule has 1 atom stereocenters. The number of amides is 1. The molecule has 1 aliphatic heterocycles. The highest BCUT2D eigenvalue weighted by molar-refractivity contribution is 5.95. The number of piperidine rings is 1. The number of anilines is 2. The van der Waals surface area contributed by atoms with Gasteiger partial charge in [0.1, 0.15) is 0 Å². The van der Waals surface area contributed by atoms with Crippen LogP contribution in [0, 0.1) is 12.8 Å². The van der Waals surface area contributed by atoms with E-state index in [0.29, 0.717) is 19.0 Å². The van der Waals surface area contributed by atoms with Gasteiger partial charge < -0.3 is 9.80 Å². The highest BCUT2D eigenvalue weighted by Gasteiger charge is 2.31. The second-order valence-corrected chi connectivity index (χ2v) is 7.58. The summed E-state index contributed by atoms with van der Waals surface area (Å²) in [5.41, 5.74) is 3.25. The molecule has 1 fully saturated rings. The smallest absolute Gasteiger partial charge is 0.232 e. The largest absolute Gasteiger partial charge is 0.340 e. The van der Waals surface area contributed by atoms with Gasteiger partial charge in [-0.15, -0.1) is 0 Å². The minimum Gasteiger partial charge on any atom is -0.340 e. The summed E-state index contributed by atoms with van der Waals surface area (Å²) in [5, 5.41) is 0. The molecular weight excluding hydrogens is 360 g/mol. The van der Waals surface area contributed by atoms with Crippen LogP contribution in [0.1, 0.15) is 24.0 Å². The summed E-state index contributed by atoms with van der Waals surface area (Å²) in [6, 6.07) is 20.2. The molecule has 0 aliphatic carbocycles. The first-order valence-electron chi connectivity index (χ1n) is 10.1. The zero-order valence-corrected chi connectivity index (χ0v) is 16.7. The number of hydrogen-bond donors (Lipinski definition) is 0. The lowest BCUT2D eigenvalue weighted by molar-refractivity contribution is -0.122. The molecule has 3 aromatic rings. The van der Waals surface area contributed by atoms with Crippen molar-refractivity contribution in [1.82, 2.24) is 9.97 Å². The normalized spacial score (nSPS) is 16.4. The van der Waals surface area contributed by atoms with E-state index in [0.717, 1.165) is 30.6 Å². The van der Waals surface area contributed by atoms with Crippen LogP contribution in [0.3, 0.4) is 0 Å². The van der Waals surface area contributed by atoms with Crippen molar-refractivity contribution >= 4 is 17.5 Å². The Morgan fingerprint density at radius 3 is 2.48 bits per heavy atom. The molecule has 148 valence electrons. The van der Waals surface area contributed by atoms with E-state index in [1.807, 2.05) is 41.3 Å². The average Bonchev–Trinajstić information content (AvgIpc) is 2.79. The van der Waals surface area contributed by atoms with Crippen molar-refractivity contribution in [2.24, 2.45) is 5.92 Å². The molecule has 0 N–H and O–H groups in total. The molecule has 0 bridgehead atoms. The van der Waals surface area contributed by atoms with E-state index >= 15 is 0 Å². The lowest BCUT2D eigenvalue weighted by atomic mass is 9.96. The number of rotatable bonds is 5. The van der Waals surface area contributed by atoms with E-state index in [4.69, 9.17) is 0 Å². The van der Waals surface area contributed by atoms with Crippen LogP contribution in [0.25, 0.3) is 0 Å². The third-order valence-corrected chi connectivity index (χ3v) is 5.40. The van der Waals surface area contributed by atoms with Crippen LogP contribution in [0.5, 0.6) is 0 Å². The Hall–Kier alpha value is -3.21. The van der Waals surface area contributed by atoms with Gasteiger partial charge in [0.2, 0.25) is 11.9 Å². The van der Waals surface area contributed by atoms with Gasteiger partial charge in [-0.2, -0.15) is 0 Å². The maximum Gasteiger partial charge on any atom is 0.232 e. The third kappa shape index (κ3) is 4.62. The standard InChI is InChI=1S/C24H26N4O/c1-19-10-12-22(13-11-19)28(17-20-7-3-2-4-8-20)23(29)21-9-5-16-27(18-21)24-25-14-6-15-26-24/h2-4,6-8,10-15,21H,5,9,16-18H2,1H3/t21-/m1/s1. The monoisotopic (exact) mass is 386 g/mol. The van der Waals surface area contributed by atoms with E-state index in [1.165, 1.54) is 5.56 Å². The van der Waals surface area contributed by atoms with Gasteiger partial charge in [0.25, 0.3) is 0 Å². The van der Waals surface area contributed by atoms with Crippen molar-refractivity contribution in [3.8, 4) is 0 Å². The van der Waals surface area contributed by atoms with Gasteiger partial charge in [-0.3, -0.25) is 4.79 Å². The van der Waals surface area contributed by atoms with Gasteiger partial charge in [-0.25, -0.2) is 9.97 Å². The van der Waals surface area contributed by atoms with E-state index in [9.17, 15) is 4.79 Å². The summed E-state index contributed by atoms with van der Waals surface area (Å²) in [7, 11) is 0. The van der Waals surface area contributed by atoms with Crippen molar-refractivity contribution in [1.29, 1.82) is 0 Å². The number of aryl methyl sites for hydroxylation is 1. The van der Waals surface area contributed by atoms with Crippen LogP contribution in [0.4, 0.5) is 11.6 Å². The maximum atomic E-state index is 13.6. The molecule has 2 aromatic carbocycles. The first kappa shape index (κ1) is 19.1. The Morgan fingerprint density at radius 1 is 1.03 bits per heavy atom. The molecule has 4 rings (SSSR count). The first-order valence-corrected chi connectivity index (χ1v) is 10.1. The minimum atomic E-state index is -0.0717. The summed E-state index contributed by atoms with van der Waals surface area (Å²) in [5.74, 6) is 0.797. The van der Waals surface area contributed by atoms with Gasteiger partial charge in [0.15, 0.2) is 0 Å². The van der Waals surface area contributed by atoms with Crippen LogP contribution >= 0.6 is 0 Å². The Balaban J connectivity index is 1.57. The fourth-order valence-electron chi connectivity index (χ4n) is 3.82. The SMILES string of the molecule is Cc1ccc(N(Cc2ccccc2)C(=O)[C@@H]2CCCN(c3ncccn3)C2)cc1. The van der Waals surface area contributed by atoms with Crippen LogP contribution in [-0.4, -0.2) is 29.0 Å².